The van der Waals surface area contributed by atoms with Gasteiger partial charge >= 0.3 is 0 Å². The van der Waals surface area contributed by atoms with E-state index in [0.717, 1.165) is 28.0 Å². The zero-order chi connectivity index (χ0) is 26.9. The summed E-state index contributed by atoms with van der Waals surface area (Å²) in [6.07, 6.45) is 1.57. The number of carbonyl (C=O) groups excluding carboxylic acids is 1. The molecular weight excluding hydrogens is 512 g/mol. The summed E-state index contributed by atoms with van der Waals surface area (Å²) in [6, 6.07) is 34.1. The first kappa shape index (κ1) is 25.8. The third kappa shape index (κ3) is 7.12. The molecule has 1 amide bonds. The van der Waals surface area contributed by atoms with Gasteiger partial charge in [-0.2, -0.15) is 10.2 Å². The van der Waals surface area contributed by atoms with Crippen LogP contribution in [-0.4, -0.2) is 22.3 Å². The molecule has 0 saturated heterocycles. The van der Waals surface area contributed by atoms with Crippen molar-refractivity contribution in [2.24, 2.45) is 5.10 Å². The van der Waals surface area contributed by atoms with Crippen LogP contribution in [0.2, 0.25) is 5.02 Å². The quantitative estimate of drug-likeness (QED) is 0.154. The number of ether oxygens (including phenoxy) is 2. The Morgan fingerprint density at radius 2 is 1.51 bits per heavy atom. The molecule has 7 nitrogen and oxygen atoms in total. The van der Waals surface area contributed by atoms with E-state index in [1.54, 1.807) is 12.3 Å². The van der Waals surface area contributed by atoms with Gasteiger partial charge < -0.3 is 9.47 Å². The van der Waals surface area contributed by atoms with Gasteiger partial charge in [0.25, 0.3) is 5.91 Å². The molecule has 4 aromatic carbocycles. The Balaban J connectivity index is 1.11. The SMILES string of the molecule is O=C(N/N=C/c1ccc(OCc2ccccc2)cc1)c1cc(-c2ccc(OCc3ccccc3Cl)cc2)n[nH]1. The maximum atomic E-state index is 12.5. The van der Waals surface area contributed by atoms with Crippen LogP contribution in [0.1, 0.15) is 27.2 Å². The van der Waals surface area contributed by atoms with Gasteiger partial charge in [-0.25, -0.2) is 5.43 Å². The largest absolute Gasteiger partial charge is 0.489 e. The number of hydrazone groups is 1. The van der Waals surface area contributed by atoms with Crippen LogP contribution in [0.5, 0.6) is 11.5 Å². The predicted molar refractivity (Wildman–Crippen MR) is 152 cm³/mol. The maximum Gasteiger partial charge on any atom is 0.289 e. The molecule has 8 heteroatoms. The molecule has 2 N–H and O–H groups in total. The van der Waals surface area contributed by atoms with Crippen LogP contribution in [0.15, 0.2) is 114 Å². The average Bonchev–Trinajstić information content (AvgIpc) is 3.48. The van der Waals surface area contributed by atoms with E-state index in [1.807, 2.05) is 103 Å². The molecule has 0 aliphatic carbocycles. The van der Waals surface area contributed by atoms with Gasteiger partial charge in [-0.15, -0.1) is 0 Å². The van der Waals surface area contributed by atoms with Crippen molar-refractivity contribution in [1.29, 1.82) is 0 Å². The highest BCUT2D eigenvalue weighted by Crippen LogP contribution is 2.23. The molecule has 0 saturated carbocycles. The molecule has 0 spiro atoms. The number of aromatic nitrogens is 2. The number of nitrogens with zero attached hydrogens (tertiary/aromatic N) is 2. The second kappa shape index (κ2) is 12.6. The number of nitrogens with one attached hydrogen (secondary N) is 2. The van der Waals surface area contributed by atoms with E-state index in [9.17, 15) is 4.79 Å². The summed E-state index contributed by atoms with van der Waals surface area (Å²) in [5, 5.41) is 11.7. The van der Waals surface area contributed by atoms with Gasteiger partial charge in [0.1, 0.15) is 30.4 Å². The van der Waals surface area contributed by atoms with Crippen molar-refractivity contribution in [1.82, 2.24) is 15.6 Å². The summed E-state index contributed by atoms with van der Waals surface area (Å²) in [5.74, 6) is 1.06. The molecule has 1 aromatic heterocycles. The van der Waals surface area contributed by atoms with Crippen molar-refractivity contribution in [3.8, 4) is 22.8 Å². The summed E-state index contributed by atoms with van der Waals surface area (Å²) >= 11 is 6.18. The smallest absolute Gasteiger partial charge is 0.289 e. The summed E-state index contributed by atoms with van der Waals surface area (Å²) in [7, 11) is 0. The second-order valence-electron chi connectivity index (χ2n) is 8.61. The fourth-order valence-electron chi connectivity index (χ4n) is 3.70. The van der Waals surface area contributed by atoms with Gasteiger partial charge in [-0.05, 0) is 71.8 Å². The summed E-state index contributed by atoms with van der Waals surface area (Å²) < 4.78 is 11.6. The first-order valence-electron chi connectivity index (χ1n) is 12.3. The first-order chi connectivity index (χ1) is 19.1. The highest BCUT2D eigenvalue weighted by molar-refractivity contribution is 6.31. The number of amides is 1. The molecule has 39 heavy (non-hydrogen) atoms. The van der Waals surface area contributed by atoms with E-state index in [1.165, 1.54) is 0 Å². The minimum absolute atomic E-state index is 0.297. The molecule has 194 valence electrons. The van der Waals surface area contributed by atoms with Gasteiger partial charge in [0.15, 0.2) is 0 Å². The highest BCUT2D eigenvalue weighted by Gasteiger charge is 2.11. The van der Waals surface area contributed by atoms with E-state index in [-0.39, 0.29) is 0 Å². The standard InChI is InChI=1S/C31H25ClN4O3/c32-28-9-5-4-8-25(28)21-39-27-16-12-24(13-17-27)29-18-30(35-34-29)31(37)36-33-19-22-10-14-26(15-11-22)38-20-23-6-2-1-3-7-23/h1-19H,20-21H2,(H,34,35)(H,36,37)/b33-19+. The molecule has 5 aromatic rings. The van der Waals surface area contributed by atoms with Crippen molar-refractivity contribution in [3.63, 3.8) is 0 Å². The average molecular weight is 537 g/mol. The molecule has 0 unspecified atom stereocenters. The monoisotopic (exact) mass is 536 g/mol. The first-order valence-corrected chi connectivity index (χ1v) is 12.6. The molecule has 0 aliphatic heterocycles. The Kier molecular flexibility index (Phi) is 8.31. The Morgan fingerprint density at radius 3 is 2.26 bits per heavy atom. The van der Waals surface area contributed by atoms with Gasteiger partial charge in [-0.3, -0.25) is 9.89 Å². The molecule has 5 rings (SSSR count). The normalized spacial score (nSPS) is 10.9. The predicted octanol–water partition coefficient (Wildman–Crippen LogP) is 6.65. The van der Waals surface area contributed by atoms with E-state index < -0.39 is 5.91 Å². The highest BCUT2D eigenvalue weighted by atomic mass is 35.5. The van der Waals surface area contributed by atoms with Gasteiger partial charge in [-0.1, -0.05) is 60.1 Å². The molecule has 1 heterocycles. The van der Waals surface area contributed by atoms with Crippen LogP contribution in [0.25, 0.3) is 11.3 Å². The lowest BCUT2D eigenvalue weighted by molar-refractivity contribution is 0.0950. The van der Waals surface area contributed by atoms with E-state index >= 15 is 0 Å². The second-order valence-corrected chi connectivity index (χ2v) is 9.02. The van der Waals surface area contributed by atoms with Gasteiger partial charge in [0.2, 0.25) is 0 Å². The lowest BCUT2D eigenvalue weighted by Crippen LogP contribution is -2.17. The number of benzene rings is 4. The molecule has 0 bridgehead atoms. The van der Waals surface area contributed by atoms with Crippen molar-refractivity contribution in [2.75, 3.05) is 0 Å². The van der Waals surface area contributed by atoms with Gasteiger partial charge in [0.05, 0.1) is 11.9 Å². The molecular formula is C31H25ClN4O3. The Labute approximate surface area is 231 Å². The number of aromatic amines is 1. The fourth-order valence-corrected chi connectivity index (χ4v) is 3.89. The Bertz CT molecular complexity index is 1550. The number of carbonyl (C=O) groups is 1. The van der Waals surface area contributed by atoms with E-state index in [0.29, 0.717) is 35.4 Å². The Hall–Kier alpha value is -4.88. The van der Waals surface area contributed by atoms with Crippen molar-refractivity contribution in [2.45, 2.75) is 13.2 Å². The van der Waals surface area contributed by atoms with Crippen LogP contribution in [0, 0.1) is 0 Å². The van der Waals surface area contributed by atoms with Crippen LogP contribution < -0.4 is 14.9 Å². The minimum Gasteiger partial charge on any atom is -0.489 e. The van der Waals surface area contributed by atoms with Crippen molar-refractivity contribution >= 4 is 23.7 Å². The van der Waals surface area contributed by atoms with E-state index in [2.05, 4.69) is 20.7 Å². The lowest BCUT2D eigenvalue weighted by atomic mass is 10.1. The van der Waals surface area contributed by atoms with Crippen LogP contribution >= 0.6 is 11.6 Å². The maximum absolute atomic E-state index is 12.5. The molecule has 0 fully saturated rings. The summed E-state index contributed by atoms with van der Waals surface area (Å²) in [4.78, 5) is 12.5. The van der Waals surface area contributed by atoms with Crippen molar-refractivity contribution < 1.29 is 14.3 Å². The van der Waals surface area contributed by atoms with Crippen LogP contribution in [0.4, 0.5) is 0 Å². The third-order valence-corrected chi connectivity index (χ3v) is 6.20. The summed E-state index contributed by atoms with van der Waals surface area (Å²) in [5.41, 5.74) is 7.13. The molecule has 0 aliphatic rings. The minimum atomic E-state index is -0.396. The molecule has 0 atom stereocenters. The van der Waals surface area contributed by atoms with Crippen LogP contribution in [-0.2, 0) is 13.2 Å². The zero-order valence-corrected chi connectivity index (χ0v) is 21.6. The number of H-pyrrole nitrogens is 1. The lowest BCUT2D eigenvalue weighted by Gasteiger charge is -2.08. The summed E-state index contributed by atoms with van der Waals surface area (Å²) in [6.45, 7) is 0.871. The number of rotatable bonds is 10. The number of halogens is 1. The van der Waals surface area contributed by atoms with Crippen molar-refractivity contribution in [3.05, 3.63) is 137 Å². The molecule has 0 radical (unpaired) electrons. The number of hydrogen-bond donors (Lipinski definition) is 2. The third-order valence-electron chi connectivity index (χ3n) is 5.83. The van der Waals surface area contributed by atoms with E-state index in [4.69, 9.17) is 21.1 Å². The topological polar surface area (TPSA) is 88.6 Å². The Morgan fingerprint density at radius 1 is 0.846 bits per heavy atom. The van der Waals surface area contributed by atoms with Gasteiger partial charge in [0, 0.05) is 16.1 Å². The number of hydrogen-bond acceptors (Lipinski definition) is 5. The zero-order valence-electron chi connectivity index (χ0n) is 20.9. The van der Waals surface area contributed by atoms with Crippen LogP contribution in [0.3, 0.4) is 0 Å². The fraction of sp³-hybridized carbons (Fsp3) is 0.0645.